The first-order valence-electron chi connectivity index (χ1n) is 6.52. The highest BCUT2D eigenvalue weighted by Gasteiger charge is 2.58. The zero-order valence-electron chi connectivity index (χ0n) is 10.6. The van der Waals surface area contributed by atoms with Gasteiger partial charge in [-0.15, -0.1) is 0 Å². The lowest BCUT2D eigenvalue weighted by molar-refractivity contribution is -0.127. The van der Waals surface area contributed by atoms with Crippen LogP contribution in [0.1, 0.15) is 33.1 Å². The van der Waals surface area contributed by atoms with Gasteiger partial charge in [-0.3, -0.25) is 15.0 Å². The van der Waals surface area contributed by atoms with Crippen LogP contribution in [0.2, 0.25) is 0 Å². The van der Waals surface area contributed by atoms with Crippen molar-refractivity contribution in [3.8, 4) is 0 Å². The molecule has 3 aliphatic heterocycles. The quantitative estimate of drug-likeness (QED) is 0.554. The minimum Gasteiger partial charge on any atom is -0.391 e. The SMILES string of the molecule is CC(C)N1[C@H]2C[C@@H](O)[C@@H]1C[C@@]1(C2)NC(=O)NC1=O. The first-order valence-corrected chi connectivity index (χ1v) is 6.52. The molecule has 6 heteroatoms. The minimum absolute atomic E-state index is 0.0344. The third kappa shape index (κ3) is 1.48. The predicted octanol–water partition coefficient (Wildman–Crippen LogP) is -0.429. The fraction of sp³-hybridized carbons (Fsp3) is 0.833. The number of carbonyl (C=O) groups excluding carboxylic acids is 2. The monoisotopic (exact) mass is 253 g/mol. The molecular weight excluding hydrogens is 234 g/mol. The summed E-state index contributed by atoms with van der Waals surface area (Å²) in [6.45, 7) is 4.20. The lowest BCUT2D eigenvalue weighted by Gasteiger charge is -2.45. The Hall–Kier alpha value is -1.14. The molecule has 0 aromatic carbocycles. The Bertz CT molecular complexity index is 411. The van der Waals surface area contributed by atoms with E-state index in [0.29, 0.717) is 25.3 Å². The predicted molar refractivity (Wildman–Crippen MR) is 63.8 cm³/mol. The first kappa shape index (κ1) is 11.9. The Balaban J connectivity index is 1.90. The Morgan fingerprint density at radius 3 is 2.61 bits per heavy atom. The molecule has 0 aromatic heterocycles. The summed E-state index contributed by atoms with van der Waals surface area (Å²) in [5.74, 6) is -0.236. The van der Waals surface area contributed by atoms with E-state index >= 15 is 0 Å². The molecule has 3 amide bonds. The highest BCUT2D eigenvalue weighted by atomic mass is 16.3. The van der Waals surface area contributed by atoms with Crippen molar-refractivity contribution < 1.29 is 14.7 Å². The van der Waals surface area contributed by atoms with Crippen molar-refractivity contribution in [1.29, 1.82) is 0 Å². The van der Waals surface area contributed by atoms with E-state index in [1.54, 1.807) is 0 Å². The molecule has 3 fully saturated rings. The second kappa shape index (κ2) is 3.68. The molecule has 0 radical (unpaired) electrons. The van der Waals surface area contributed by atoms with Crippen molar-refractivity contribution in [3.63, 3.8) is 0 Å². The summed E-state index contributed by atoms with van der Waals surface area (Å²) in [5.41, 5.74) is -0.796. The fourth-order valence-corrected chi connectivity index (χ4v) is 3.92. The number of aliphatic hydroxyl groups excluding tert-OH is 1. The molecule has 3 aliphatic rings. The van der Waals surface area contributed by atoms with E-state index in [-0.39, 0.29) is 18.0 Å². The molecule has 3 heterocycles. The molecule has 3 N–H and O–H groups in total. The lowest BCUT2D eigenvalue weighted by atomic mass is 9.82. The Morgan fingerprint density at radius 2 is 2.11 bits per heavy atom. The first-order chi connectivity index (χ1) is 8.43. The average Bonchev–Trinajstić information content (AvgIpc) is 2.62. The molecule has 3 rings (SSSR count). The van der Waals surface area contributed by atoms with Crippen LogP contribution < -0.4 is 10.6 Å². The van der Waals surface area contributed by atoms with Gasteiger partial charge in [-0.1, -0.05) is 0 Å². The third-order valence-electron chi connectivity index (χ3n) is 4.51. The normalized spacial score (nSPS) is 43.7. The van der Waals surface area contributed by atoms with Crippen LogP contribution in [0.5, 0.6) is 0 Å². The van der Waals surface area contributed by atoms with E-state index in [1.807, 2.05) is 0 Å². The van der Waals surface area contributed by atoms with Crippen molar-refractivity contribution in [2.75, 3.05) is 0 Å². The van der Waals surface area contributed by atoms with Crippen LogP contribution in [0.15, 0.2) is 0 Å². The molecule has 6 nitrogen and oxygen atoms in total. The van der Waals surface area contributed by atoms with Gasteiger partial charge in [-0.25, -0.2) is 4.79 Å². The summed E-state index contributed by atoms with van der Waals surface area (Å²) in [4.78, 5) is 25.6. The summed E-state index contributed by atoms with van der Waals surface area (Å²) < 4.78 is 0. The number of amides is 3. The zero-order chi connectivity index (χ0) is 13.1. The molecule has 4 atom stereocenters. The van der Waals surface area contributed by atoms with Gasteiger partial charge in [0, 0.05) is 18.1 Å². The summed E-state index contributed by atoms with van der Waals surface area (Å²) in [5, 5.41) is 15.2. The molecular formula is C12H19N3O3. The van der Waals surface area contributed by atoms with Crippen molar-refractivity contribution in [2.45, 2.75) is 62.9 Å². The molecule has 0 aromatic rings. The molecule has 0 aliphatic carbocycles. The number of imide groups is 1. The number of aliphatic hydroxyl groups is 1. The van der Waals surface area contributed by atoms with E-state index in [9.17, 15) is 14.7 Å². The Morgan fingerprint density at radius 1 is 1.39 bits per heavy atom. The van der Waals surface area contributed by atoms with Crippen LogP contribution in [0.3, 0.4) is 0 Å². The highest BCUT2D eigenvalue weighted by Crippen LogP contribution is 2.43. The number of carbonyl (C=O) groups is 2. The third-order valence-corrected chi connectivity index (χ3v) is 4.51. The maximum atomic E-state index is 12.0. The average molecular weight is 253 g/mol. The largest absolute Gasteiger partial charge is 0.391 e. The van der Waals surface area contributed by atoms with Crippen LogP contribution in [0.25, 0.3) is 0 Å². The number of piperidine rings is 1. The highest BCUT2D eigenvalue weighted by molar-refractivity contribution is 6.07. The van der Waals surface area contributed by atoms with Crippen molar-refractivity contribution in [3.05, 3.63) is 0 Å². The van der Waals surface area contributed by atoms with E-state index in [1.165, 1.54) is 0 Å². The van der Waals surface area contributed by atoms with Crippen LogP contribution in [-0.2, 0) is 4.79 Å². The number of nitrogens with one attached hydrogen (secondary N) is 2. The van der Waals surface area contributed by atoms with Gasteiger partial charge in [0.1, 0.15) is 5.54 Å². The van der Waals surface area contributed by atoms with Gasteiger partial charge in [0.2, 0.25) is 0 Å². The van der Waals surface area contributed by atoms with Gasteiger partial charge in [-0.05, 0) is 33.1 Å². The molecule has 0 saturated carbocycles. The summed E-state index contributed by atoms with van der Waals surface area (Å²) in [7, 11) is 0. The van der Waals surface area contributed by atoms with Crippen molar-refractivity contribution >= 4 is 11.9 Å². The van der Waals surface area contributed by atoms with Gasteiger partial charge >= 0.3 is 6.03 Å². The van der Waals surface area contributed by atoms with Crippen LogP contribution in [-0.4, -0.2) is 51.7 Å². The molecule has 1 spiro atoms. The molecule has 18 heavy (non-hydrogen) atoms. The van der Waals surface area contributed by atoms with Gasteiger partial charge in [0.05, 0.1) is 6.10 Å². The molecule has 0 unspecified atom stereocenters. The lowest BCUT2D eigenvalue weighted by Crippen LogP contribution is -2.61. The molecule has 100 valence electrons. The van der Waals surface area contributed by atoms with Crippen molar-refractivity contribution in [2.24, 2.45) is 0 Å². The number of urea groups is 1. The standard InChI is InChI=1S/C12H19N3O3/c1-6(2)15-7-3-9(16)8(15)5-12(4-7)10(17)13-11(18)14-12/h6-9,16H,3-5H2,1-2H3,(H2,13,14,17,18)/t7-,8-,9+,12+/m0/s1. The van der Waals surface area contributed by atoms with Crippen LogP contribution in [0.4, 0.5) is 4.79 Å². The van der Waals surface area contributed by atoms with Gasteiger partial charge in [-0.2, -0.15) is 0 Å². The topological polar surface area (TPSA) is 81.7 Å². The van der Waals surface area contributed by atoms with Crippen molar-refractivity contribution in [1.82, 2.24) is 15.5 Å². The fourth-order valence-electron chi connectivity index (χ4n) is 3.92. The second-order valence-corrected chi connectivity index (χ2v) is 5.96. The van der Waals surface area contributed by atoms with E-state index in [4.69, 9.17) is 0 Å². The minimum atomic E-state index is -0.796. The zero-order valence-corrected chi connectivity index (χ0v) is 10.6. The number of hydrogen-bond acceptors (Lipinski definition) is 4. The number of fused-ring (bicyclic) bond motifs is 2. The number of hydrogen-bond donors (Lipinski definition) is 3. The van der Waals surface area contributed by atoms with Gasteiger partial charge in [0.25, 0.3) is 5.91 Å². The van der Waals surface area contributed by atoms with Crippen LogP contribution >= 0.6 is 0 Å². The smallest absolute Gasteiger partial charge is 0.322 e. The number of rotatable bonds is 1. The second-order valence-electron chi connectivity index (χ2n) is 5.96. The summed E-state index contributed by atoms with van der Waals surface area (Å²) in [6, 6.07) is 0.0670. The van der Waals surface area contributed by atoms with Gasteiger partial charge in [0.15, 0.2) is 0 Å². The number of nitrogens with zero attached hydrogens (tertiary/aromatic N) is 1. The van der Waals surface area contributed by atoms with E-state index in [0.717, 1.165) is 0 Å². The Kier molecular flexibility index (Phi) is 2.44. The molecule has 2 bridgehead atoms. The summed E-state index contributed by atoms with van der Waals surface area (Å²) >= 11 is 0. The maximum Gasteiger partial charge on any atom is 0.322 e. The van der Waals surface area contributed by atoms with E-state index < -0.39 is 17.7 Å². The maximum absolute atomic E-state index is 12.0. The summed E-state index contributed by atoms with van der Waals surface area (Å²) in [6.07, 6.45) is 1.38. The molecule has 3 saturated heterocycles. The van der Waals surface area contributed by atoms with E-state index in [2.05, 4.69) is 29.4 Å². The Labute approximate surface area is 106 Å². The van der Waals surface area contributed by atoms with Crippen LogP contribution in [0, 0.1) is 0 Å². The van der Waals surface area contributed by atoms with Gasteiger partial charge < -0.3 is 10.4 Å².